The number of amides is 2. The van der Waals surface area contributed by atoms with Crippen LogP contribution < -0.4 is 4.90 Å². The van der Waals surface area contributed by atoms with Gasteiger partial charge < -0.3 is 14.7 Å². The summed E-state index contributed by atoms with van der Waals surface area (Å²) in [5.74, 6) is 0.00927. The van der Waals surface area contributed by atoms with E-state index in [4.69, 9.17) is 0 Å². The van der Waals surface area contributed by atoms with Gasteiger partial charge in [0.1, 0.15) is 0 Å². The zero-order valence-electron chi connectivity index (χ0n) is 17.0. The minimum atomic E-state index is -4.37. The van der Waals surface area contributed by atoms with Crippen molar-refractivity contribution in [3.05, 3.63) is 52.2 Å². The van der Waals surface area contributed by atoms with Gasteiger partial charge in [-0.3, -0.25) is 9.59 Å². The lowest BCUT2D eigenvalue weighted by atomic mass is 9.94. The molecule has 166 valence electrons. The smallest absolute Gasteiger partial charge is 0.368 e. The number of piperidine rings is 1. The van der Waals surface area contributed by atoms with Gasteiger partial charge in [0, 0.05) is 50.9 Å². The summed E-state index contributed by atoms with van der Waals surface area (Å²) < 4.78 is 38.9. The van der Waals surface area contributed by atoms with Gasteiger partial charge >= 0.3 is 6.18 Å². The minimum Gasteiger partial charge on any atom is -0.368 e. The molecule has 9 heteroatoms. The molecule has 0 N–H and O–H groups in total. The van der Waals surface area contributed by atoms with Crippen LogP contribution >= 0.6 is 11.3 Å². The molecule has 0 atom stereocenters. The molecule has 0 radical (unpaired) electrons. The Morgan fingerprint density at radius 3 is 2.23 bits per heavy atom. The summed E-state index contributed by atoms with van der Waals surface area (Å²) in [6.45, 7) is 3.12. The lowest BCUT2D eigenvalue weighted by Crippen LogP contribution is -2.52. The molecule has 5 nitrogen and oxygen atoms in total. The Labute approximate surface area is 183 Å². The Hall–Kier alpha value is -2.55. The van der Waals surface area contributed by atoms with Crippen molar-refractivity contribution in [2.24, 2.45) is 5.92 Å². The van der Waals surface area contributed by atoms with Crippen molar-refractivity contribution in [3.63, 3.8) is 0 Å². The number of benzene rings is 1. The van der Waals surface area contributed by atoms with Crippen LogP contribution in [0.1, 0.15) is 28.1 Å². The Balaban J connectivity index is 1.29. The van der Waals surface area contributed by atoms with Crippen LogP contribution in [0.15, 0.2) is 41.8 Å². The summed E-state index contributed by atoms with van der Waals surface area (Å²) in [5.41, 5.74) is -0.130. The highest BCUT2D eigenvalue weighted by molar-refractivity contribution is 7.12. The summed E-state index contributed by atoms with van der Waals surface area (Å²) in [4.78, 5) is 31.6. The van der Waals surface area contributed by atoms with Gasteiger partial charge in [0.15, 0.2) is 0 Å². The normalized spacial score (nSPS) is 18.4. The first-order chi connectivity index (χ1) is 14.8. The number of alkyl halides is 3. The zero-order valence-corrected chi connectivity index (χ0v) is 17.8. The number of halogens is 3. The molecule has 2 fully saturated rings. The number of hydrogen-bond donors (Lipinski definition) is 0. The number of likely N-dealkylation sites (tertiary alicyclic amines) is 1. The fraction of sp³-hybridized carbons (Fsp3) is 0.455. The van der Waals surface area contributed by atoms with E-state index in [0.717, 1.165) is 17.0 Å². The van der Waals surface area contributed by atoms with E-state index in [1.165, 1.54) is 17.4 Å². The number of carbonyl (C=O) groups excluding carboxylic acids is 2. The van der Waals surface area contributed by atoms with Crippen molar-refractivity contribution < 1.29 is 22.8 Å². The lowest BCUT2D eigenvalue weighted by Gasteiger charge is -2.39. The molecule has 2 saturated heterocycles. The van der Waals surface area contributed by atoms with Gasteiger partial charge in [0.05, 0.1) is 10.4 Å². The van der Waals surface area contributed by atoms with Crippen LogP contribution in [-0.2, 0) is 11.0 Å². The molecule has 0 spiro atoms. The second-order valence-corrected chi connectivity index (χ2v) is 8.85. The van der Waals surface area contributed by atoms with Crippen LogP contribution in [0.5, 0.6) is 0 Å². The monoisotopic (exact) mass is 451 g/mol. The van der Waals surface area contributed by atoms with E-state index in [-0.39, 0.29) is 17.7 Å². The molecular weight excluding hydrogens is 427 g/mol. The molecule has 2 amide bonds. The Bertz CT molecular complexity index is 916. The number of thiophene rings is 1. The van der Waals surface area contributed by atoms with E-state index in [0.29, 0.717) is 57.8 Å². The van der Waals surface area contributed by atoms with Gasteiger partial charge in [-0.05, 0) is 42.5 Å². The molecule has 31 heavy (non-hydrogen) atoms. The Kier molecular flexibility index (Phi) is 6.22. The van der Waals surface area contributed by atoms with Gasteiger partial charge in [-0.25, -0.2) is 0 Å². The number of piperazine rings is 1. The molecule has 3 heterocycles. The molecule has 1 aromatic carbocycles. The number of anilines is 1. The van der Waals surface area contributed by atoms with Crippen LogP contribution in [0.3, 0.4) is 0 Å². The summed E-state index contributed by atoms with van der Waals surface area (Å²) in [6, 6.07) is 8.99. The molecule has 0 saturated carbocycles. The number of carbonyl (C=O) groups is 2. The zero-order chi connectivity index (χ0) is 22.0. The second-order valence-electron chi connectivity index (χ2n) is 7.90. The van der Waals surface area contributed by atoms with E-state index < -0.39 is 11.7 Å². The maximum Gasteiger partial charge on any atom is 0.416 e. The van der Waals surface area contributed by atoms with Crippen LogP contribution in [0.2, 0.25) is 0 Å². The molecule has 0 aliphatic carbocycles. The fourth-order valence-electron chi connectivity index (χ4n) is 4.21. The number of hydrogen-bond acceptors (Lipinski definition) is 4. The van der Waals surface area contributed by atoms with Crippen molar-refractivity contribution in [2.45, 2.75) is 19.0 Å². The lowest BCUT2D eigenvalue weighted by molar-refractivity contribution is -0.138. The van der Waals surface area contributed by atoms with Crippen molar-refractivity contribution in [3.8, 4) is 0 Å². The van der Waals surface area contributed by atoms with Crippen LogP contribution in [-0.4, -0.2) is 60.9 Å². The van der Waals surface area contributed by atoms with Crippen molar-refractivity contribution >= 4 is 28.8 Å². The summed E-state index contributed by atoms with van der Waals surface area (Å²) in [6.07, 6.45) is -3.08. The van der Waals surface area contributed by atoms with Crippen LogP contribution in [0, 0.1) is 5.92 Å². The first-order valence-electron chi connectivity index (χ1n) is 10.4. The maximum atomic E-state index is 13.0. The highest BCUT2D eigenvalue weighted by atomic mass is 32.1. The van der Waals surface area contributed by atoms with Crippen molar-refractivity contribution in [1.82, 2.24) is 9.80 Å². The topological polar surface area (TPSA) is 43.9 Å². The molecule has 0 unspecified atom stereocenters. The summed E-state index contributed by atoms with van der Waals surface area (Å²) in [5, 5.41) is 1.88. The predicted octanol–water partition coefficient (Wildman–Crippen LogP) is 3.97. The second kappa shape index (κ2) is 8.90. The first-order valence-corrected chi connectivity index (χ1v) is 11.2. The van der Waals surface area contributed by atoms with E-state index in [1.54, 1.807) is 11.0 Å². The predicted molar refractivity (Wildman–Crippen MR) is 113 cm³/mol. The molecule has 2 aliphatic rings. The highest BCUT2D eigenvalue weighted by Gasteiger charge is 2.33. The Morgan fingerprint density at radius 2 is 1.61 bits per heavy atom. The number of nitrogens with zero attached hydrogens (tertiary/aromatic N) is 3. The highest BCUT2D eigenvalue weighted by Crippen LogP contribution is 2.32. The van der Waals surface area contributed by atoms with Gasteiger partial charge in [-0.2, -0.15) is 13.2 Å². The molecule has 2 aliphatic heterocycles. The maximum absolute atomic E-state index is 13.0. The largest absolute Gasteiger partial charge is 0.416 e. The van der Waals surface area contributed by atoms with E-state index in [2.05, 4.69) is 0 Å². The number of rotatable bonds is 3. The molecule has 0 bridgehead atoms. The van der Waals surface area contributed by atoms with Gasteiger partial charge in [0.2, 0.25) is 5.91 Å². The fourth-order valence-corrected chi connectivity index (χ4v) is 4.90. The standard InChI is InChI=1S/C22H24F3N3O2S/c23-22(24,25)17-3-1-4-18(15-17)26-10-12-28(13-11-26)20(29)16-6-8-27(9-7-16)21(30)19-5-2-14-31-19/h1-5,14-16H,6-13H2. The van der Waals surface area contributed by atoms with Crippen LogP contribution in [0.4, 0.5) is 18.9 Å². The van der Waals surface area contributed by atoms with Gasteiger partial charge in [-0.15, -0.1) is 11.3 Å². The Morgan fingerprint density at radius 1 is 0.903 bits per heavy atom. The average molecular weight is 452 g/mol. The van der Waals surface area contributed by atoms with Crippen molar-refractivity contribution in [2.75, 3.05) is 44.2 Å². The van der Waals surface area contributed by atoms with Gasteiger partial charge in [-0.1, -0.05) is 12.1 Å². The van der Waals surface area contributed by atoms with Crippen LogP contribution in [0.25, 0.3) is 0 Å². The minimum absolute atomic E-state index is 0.0237. The van der Waals surface area contributed by atoms with E-state index in [9.17, 15) is 22.8 Å². The molecule has 2 aromatic rings. The SMILES string of the molecule is O=C(c1cccs1)N1CCC(C(=O)N2CCN(c3cccc(C(F)(F)F)c3)CC2)CC1. The van der Waals surface area contributed by atoms with Crippen molar-refractivity contribution in [1.29, 1.82) is 0 Å². The molecule has 4 rings (SSSR count). The summed E-state index contributed by atoms with van der Waals surface area (Å²) >= 11 is 1.42. The molecular formula is C22H24F3N3O2S. The average Bonchev–Trinajstić information content (AvgIpc) is 3.33. The third-order valence-corrected chi connectivity index (χ3v) is 6.85. The van der Waals surface area contributed by atoms with E-state index >= 15 is 0 Å². The first kappa shape index (κ1) is 21.7. The molecule has 1 aromatic heterocycles. The third kappa shape index (κ3) is 4.87. The van der Waals surface area contributed by atoms with Gasteiger partial charge in [0.25, 0.3) is 5.91 Å². The third-order valence-electron chi connectivity index (χ3n) is 5.99. The summed E-state index contributed by atoms with van der Waals surface area (Å²) in [7, 11) is 0. The van der Waals surface area contributed by atoms with E-state index in [1.807, 2.05) is 27.3 Å². The quantitative estimate of drug-likeness (QED) is 0.710.